The molecule has 0 radical (unpaired) electrons. The van der Waals surface area contributed by atoms with Gasteiger partial charge in [-0.15, -0.1) is 0 Å². The van der Waals surface area contributed by atoms with E-state index >= 15 is 0 Å². The quantitative estimate of drug-likeness (QED) is 0.609. The molecule has 1 amide bonds. The molecule has 7 heteroatoms. The molecule has 176 valence electrons. The van der Waals surface area contributed by atoms with Crippen LogP contribution in [0.5, 0.6) is 0 Å². The molecule has 1 saturated heterocycles. The molecule has 4 heterocycles. The minimum atomic E-state index is 0.0404. The third-order valence-corrected chi connectivity index (χ3v) is 6.62. The van der Waals surface area contributed by atoms with E-state index < -0.39 is 0 Å². The first kappa shape index (κ1) is 23.2. The van der Waals surface area contributed by atoms with Gasteiger partial charge < -0.3 is 20.1 Å². The van der Waals surface area contributed by atoms with E-state index in [0.29, 0.717) is 30.0 Å². The molecule has 0 saturated carbocycles. The van der Waals surface area contributed by atoms with Crippen molar-refractivity contribution in [2.24, 2.45) is 11.8 Å². The van der Waals surface area contributed by atoms with Crippen molar-refractivity contribution in [3.63, 3.8) is 0 Å². The molecule has 1 fully saturated rings. The second kappa shape index (κ2) is 9.91. The highest BCUT2D eigenvalue weighted by molar-refractivity contribution is 5.98. The molecule has 1 unspecified atom stereocenters. The van der Waals surface area contributed by atoms with Gasteiger partial charge in [0.2, 0.25) is 5.95 Å². The number of aromatic nitrogens is 3. The standard InChI is InChI=1S/C26H36N6O/c1-6-19(20-9-11-27-12-10-20)8-7-18(4)29-26-28-15-21-14-23-25(33)31(5)16-22(13-17(2)3)32(23)24(21)30-26/h6-8,14-15,17,20,22,27H,1,9-13,16H2,2-5H3,(H,28,29,30)/b18-7+,19-8+. The Bertz CT molecular complexity index is 1090. The van der Waals surface area contributed by atoms with Gasteiger partial charge in [0.15, 0.2) is 0 Å². The molecule has 2 aromatic heterocycles. The van der Waals surface area contributed by atoms with Gasteiger partial charge in [-0.3, -0.25) is 4.79 Å². The van der Waals surface area contributed by atoms with Crippen LogP contribution >= 0.6 is 0 Å². The summed E-state index contributed by atoms with van der Waals surface area (Å²) in [6.07, 6.45) is 11.3. The summed E-state index contributed by atoms with van der Waals surface area (Å²) in [7, 11) is 1.87. The lowest BCUT2D eigenvalue weighted by Gasteiger charge is -2.33. The number of hydrogen-bond donors (Lipinski definition) is 2. The first-order chi connectivity index (χ1) is 15.9. The maximum absolute atomic E-state index is 12.8. The number of piperidine rings is 1. The zero-order valence-electron chi connectivity index (χ0n) is 20.3. The van der Waals surface area contributed by atoms with Crippen molar-refractivity contribution in [3.05, 3.63) is 54.0 Å². The maximum Gasteiger partial charge on any atom is 0.270 e. The molecule has 0 bridgehead atoms. The first-order valence-electron chi connectivity index (χ1n) is 12.0. The number of likely N-dealkylation sites (N-methyl/N-ethyl adjacent to an activating group) is 1. The molecule has 0 aromatic carbocycles. The average molecular weight is 449 g/mol. The predicted octanol–water partition coefficient (Wildman–Crippen LogP) is 4.53. The Kier molecular flexibility index (Phi) is 6.98. The second-order valence-electron chi connectivity index (χ2n) is 9.71. The predicted molar refractivity (Wildman–Crippen MR) is 134 cm³/mol. The van der Waals surface area contributed by atoms with Crippen LogP contribution in [0.25, 0.3) is 11.0 Å². The highest BCUT2D eigenvalue weighted by Gasteiger charge is 2.32. The Hall–Kier alpha value is -2.93. The van der Waals surface area contributed by atoms with Gasteiger partial charge in [0.05, 0.1) is 6.04 Å². The molecule has 2 aromatic rings. The van der Waals surface area contributed by atoms with E-state index in [9.17, 15) is 4.79 Å². The number of amides is 1. The Balaban J connectivity index is 1.60. The summed E-state index contributed by atoms with van der Waals surface area (Å²) >= 11 is 0. The van der Waals surface area contributed by atoms with Gasteiger partial charge in [0.1, 0.15) is 11.3 Å². The Morgan fingerprint density at radius 1 is 1.33 bits per heavy atom. The van der Waals surface area contributed by atoms with Crippen molar-refractivity contribution in [2.75, 3.05) is 32.0 Å². The molecule has 4 rings (SSSR count). The van der Waals surface area contributed by atoms with Crippen LogP contribution in [0, 0.1) is 11.8 Å². The van der Waals surface area contributed by atoms with Gasteiger partial charge in [-0.05, 0) is 68.8 Å². The van der Waals surface area contributed by atoms with Crippen molar-refractivity contribution >= 4 is 22.9 Å². The highest BCUT2D eigenvalue weighted by Crippen LogP contribution is 2.32. The van der Waals surface area contributed by atoms with Crippen molar-refractivity contribution < 1.29 is 4.79 Å². The summed E-state index contributed by atoms with van der Waals surface area (Å²) < 4.78 is 2.12. The van der Waals surface area contributed by atoms with E-state index in [4.69, 9.17) is 4.98 Å². The fourth-order valence-corrected chi connectivity index (χ4v) is 4.97. The lowest BCUT2D eigenvalue weighted by molar-refractivity contribution is 0.0710. The van der Waals surface area contributed by atoms with Crippen LogP contribution in [0.15, 0.2) is 48.3 Å². The van der Waals surface area contributed by atoms with E-state index in [1.54, 1.807) is 0 Å². The van der Waals surface area contributed by atoms with Crippen molar-refractivity contribution in [3.8, 4) is 0 Å². The number of anilines is 1. The normalized spacial score (nSPS) is 20.5. The lowest BCUT2D eigenvalue weighted by atomic mass is 9.89. The summed E-state index contributed by atoms with van der Waals surface area (Å²) in [5.41, 5.74) is 3.75. The molecule has 2 aliphatic heterocycles. The average Bonchev–Trinajstić information content (AvgIpc) is 3.17. The highest BCUT2D eigenvalue weighted by atomic mass is 16.2. The van der Waals surface area contributed by atoms with E-state index in [0.717, 1.165) is 49.1 Å². The number of hydrogen-bond acceptors (Lipinski definition) is 5. The number of nitrogens with one attached hydrogen (secondary N) is 2. The van der Waals surface area contributed by atoms with Crippen LogP contribution in [0.3, 0.4) is 0 Å². The summed E-state index contributed by atoms with van der Waals surface area (Å²) in [6.45, 7) is 13.3. The fourth-order valence-electron chi connectivity index (χ4n) is 4.97. The first-order valence-corrected chi connectivity index (χ1v) is 12.0. The molecule has 2 aliphatic rings. The zero-order valence-corrected chi connectivity index (χ0v) is 20.3. The molecule has 2 N–H and O–H groups in total. The molecule has 0 aliphatic carbocycles. The van der Waals surface area contributed by atoms with Crippen LogP contribution in [-0.2, 0) is 0 Å². The molecular weight excluding hydrogens is 412 g/mol. The second-order valence-corrected chi connectivity index (χ2v) is 9.71. The van der Waals surface area contributed by atoms with Crippen molar-refractivity contribution in [1.29, 1.82) is 0 Å². The van der Waals surface area contributed by atoms with Gasteiger partial charge >= 0.3 is 0 Å². The number of carbonyl (C=O) groups excluding carboxylic acids is 1. The molecular formula is C26H36N6O. The molecule has 7 nitrogen and oxygen atoms in total. The van der Waals surface area contributed by atoms with Gasteiger partial charge in [0, 0.05) is 30.9 Å². The summed E-state index contributed by atoms with van der Waals surface area (Å²) in [5, 5.41) is 7.64. The SMILES string of the molecule is C=C/C(=C\C=C(/C)Nc1ncc2cc3n(c2n1)C(CC(C)C)CN(C)C3=O)C1CCNCC1. The van der Waals surface area contributed by atoms with Gasteiger partial charge in [0.25, 0.3) is 5.91 Å². The minimum absolute atomic E-state index is 0.0404. The van der Waals surface area contributed by atoms with E-state index in [1.165, 1.54) is 5.57 Å². The maximum atomic E-state index is 12.8. The third kappa shape index (κ3) is 5.03. The number of allylic oxidation sites excluding steroid dienone is 5. The van der Waals surface area contributed by atoms with E-state index in [1.807, 2.05) is 37.2 Å². The van der Waals surface area contributed by atoms with Crippen LogP contribution in [-0.4, -0.2) is 52.0 Å². The van der Waals surface area contributed by atoms with Crippen molar-refractivity contribution in [1.82, 2.24) is 24.8 Å². The van der Waals surface area contributed by atoms with Gasteiger partial charge in [-0.2, -0.15) is 4.98 Å². The summed E-state index contributed by atoms with van der Waals surface area (Å²) in [5.74, 6) is 1.67. The van der Waals surface area contributed by atoms with Crippen LogP contribution in [0.4, 0.5) is 5.95 Å². The number of fused-ring (bicyclic) bond motifs is 3. The monoisotopic (exact) mass is 448 g/mol. The topological polar surface area (TPSA) is 75.1 Å². The number of rotatable bonds is 7. The van der Waals surface area contributed by atoms with Crippen LogP contribution < -0.4 is 10.6 Å². The van der Waals surface area contributed by atoms with Gasteiger partial charge in [-0.25, -0.2) is 4.98 Å². The Morgan fingerprint density at radius 2 is 2.09 bits per heavy atom. The number of carbonyl (C=O) groups is 1. The van der Waals surface area contributed by atoms with Gasteiger partial charge in [-0.1, -0.05) is 32.6 Å². The van der Waals surface area contributed by atoms with Crippen LogP contribution in [0.2, 0.25) is 0 Å². The number of nitrogens with zero attached hydrogens (tertiary/aromatic N) is 4. The molecule has 33 heavy (non-hydrogen) atoms. The fraction of sp³-hybridized carbons (Fsp3) is 0.500. The molecule has 1 atom stereocenters. The lowest BCUT2D eigenvalue weighted by Crippen LogP contribution is -2.40. The third-order valence-electron chi connectivity index (χ3n) is 6.62. The Labute approximate surface area is 196 Å². The Morgan fingerprint density at radius 3 is 2.79 bits per heavy atom. The van der Waals surface area contributed by atoms with E-state index in [2.05, 4.69) is 52.8 Å². The summed E-state index contributed by atoms with van der Waals surface area (Å²) in [6, 6.07) is 2.13. The van der Waals surface area contributed by atoms with E-state index in [-0.39, 0.29) is 11.9 Å². The summed E-state index contributed by atoms with van der Waals surface area (Å²) in [4.78, 5) is 23.9. The van der Waals surface area contributed by atoms with Crippen LogP contribution in [0.1, 0.15) is 56.6 Å². The largest absolute Gasteiger partial charge is 0.338 e. The molecule has 0 spiro atoms. The minimum Gasteiger partial charge on any atom is -0.338 e. The van der Waals surface area contributed by atoms with Crippen molar-refractivity contribution in [2.45, 2.75) is 46.1 Å². The zero-order chi connectivity index (χ0) is 23.5. The smallest absolute Gasteiger partial charge is 0.270 e.